The fourth-order valence-corrected chi connectivity index (χ4v) is 1.78. The van der Waals surface area contributed by atoms with E-state index in [0.717, 1.165) is 32.5 Å². The van der Waals surface area contributed by atoms with Gasteiger partial charge in [0.2, 0.25) is 0 Å². The molecule has 17 heavy (non-hydrogen) atoms. The van der Waals surface area contributed by atoms with E-state index in [-0.39, 0.29) is 12.2 Å². The molecule has 1 heterocycles. The molecule has 1 rings (SSSR count). The van der Waals surface area contributed by atoms with Gasteiger partial charge in [0.15, 0.2) is 0 Å². The van der Waals surface area contributed by atoms with Crippen LogP contribution in [0, 0.1) is 0 Å². The zero-order valence-corrected chi connectivity index (χ0v) is 11.5. The van der Waals surface area contributed by atoms with Gasteiger partial charge in [-0.25, -0.2) is 4.79 Å². The van der Waals surface area contributed by atoms with Crippen molar-refractivity contribution in [2.24, 2.45) is 0 Å². The maximum Gasteiger partial charge on any atom is 0.409 e. The molecule has 5 nitrogen and oxygen atoms in total. The van der Waals surface area contributed by atoms with Crippen molar-refractivity contribution in [3.05, 3.63) is 0 Å². The predicted molar refractivity (Wildman–Crippen MR) is 68.2 cm³/mol. The lowest BCUT2D eigenvalue weighted by Gasteiger charge is -2.30. The first kappa shape index (κ1) is 14.3. The summed E-state index contributed by atoms with van der Waals surface area (Å²) in [5.74, 6) is 0. The number of likely N-dealkylation sites (tertiary alicyclic amines) is 1. The van der Waals surface area contributed by atoms with Gasteiger partial charge in [0.05, 0.1) is 0 Å². The van der Waals surface area contributed by atoms with E-state index in [0.29, 0.717) is 6.54 Å². The van der Waals surface area contributed by atoms with Crippen molar-refractivity contribution in [2.45, 2.75) is 18.9 Å². The topological polar surface area (TPSA) is 36.0 Å². The maximum absolute atomic E-state index is 11.8. The zero-order valence-electron chi connectivity index (χ0n) is 11.5. The van der Waals surface area contributed by atoms with Crippen LogP contribution in [0.4, 0.5) is 4.79 Å². The number of carbonyl (C=O) groups is 1. The highest BCUT2D eigenvalue weighted by atomic mass is 16.6. The molecule has 0 radical (unpaired) electrons. The van der Waals surface area contributed by atoms with E-state index in [1.807, 2.05) is 14.1 Å². The Kier molecular flexibility index (Phi) is 5.71. The van der Waals surface area contributed by atoms with E-state index in [2.05, 4.69) is 16.8 Å². The lowest BCUT2D eigenvalue weighted by molar-refractivity contribution is 0.0366. The van der Waals surface area contributed by atoms with Gasteiger partial charge in [0.25, 0.3) is 0 Å². The van der Waals surface area contributed by atoms with Gasteiger partial charge < -0.3 is 19.4 Å². The summed E-state index contributed by atoms with van der Waals surface area (Å²) in [6.45, 7) is 3.59. The summed E-state index contributed by atoms with van der Waals surface area (Å²) in [7, 11) is 7.88. The number of nitrogens with zero attached hydrogens (tertiary/aromatic N) is 3. The Labute approximate surface area is 104 Å². The Bertz CT molecular complexity index is 238. The third-order valence-electron chi connectivity index (χ3n) is 3.13. The average molecular weight is 243 g/mol. The minimum atomic E-state index is -0.193. The molecular formula is C12H25N3O2. The summed E-state index contributed by atoms with van der Waals surface area (Å²) in [6.07, 6.45) is 1.80. The first-order valence-corrected chi connectivity index (χ1v) is 6.24. The third-order valence-corrected chi connectivity index (χ3v) is 3.13. The van der Waals surface area contributed by atoms with Crippen LogP contribution < -0.4 is 0 Å². The van der Waals surface area contributed by atoms with Crippen LogP contribution in [0.5, 0.6) is 0 Å². The minimum Gasteiger partial charge on any atom is -0.446 e. The molecule has 1 aliphatic heterocycles. The van der Waals surface area contributed by atoms with Crippen LogP contribution in [0.3, 0.4) is 0 Å². The normalized spacial score (nSPS) is 18.4. The van der Waals surface area contributed by atoms with Crippen molar-refractivity contribution in [1.29, 1.82) is 0 Å². The number of hydrogen-bond acceptors (Lipinski definition) is 4. The van der Waals surface area contributed by atoms with Crippen LogP contribution in [0.15, 0.2) is 0 Å². The van der Waals surface area contributed by atoms with Crippen LogP contribution >= 0.6 is 0 Å². The molecule has 100 valence electrons. The number of rotatable bonds is 4. The van der Waals surface area contributed by atoms with Crippen molar-refractivity contribution in [3.8, 4) is 0 Å². The Morgan fingerprint density at radius 2 is 1.82 bits per heavy atom. The highest BCUT2D eigenvalue weighted by Gasteiger charge is 2.21. The van der Waals surface area contributed by atoms with Gasteiger partial charge in [-0.3, -0.25) is 0 Å². The Morgan fingerprint density at radius 1 is 1.24 bits per heavy atom. The molecule has 0 aromatic carbocycles. The van der Waals surface area contributed by atoms with Gasteiger partial charge in [0.1, 0.15) is 6.10 Å². The van der Waals surface area contributed by atoms with Crippen molar-refractivity contribution >= 4 is 6.09 Å². The van der Waals surface area contributed by atoms with Gasteiger partial charge in [0, 0.05) is 33.2 Å². The molecule has 0 aromatic heterocycles. The van der Waals surface area contributed by atoms with Crippen LogP contribution in [0.1, 0.15) is 12.8 Å². The average Bonchev–Trinajstić information content (AvgIpc) is 2.28. The Balaban J connectivity index is 2.23. The molecule has 0 bridgehead atoms. The fourth-order valence-electron chi connectivity index (χ4n) is 1.78. The van der Waals surface area contributed by atoms with Gasteiger partial charge in [-0.05, 0) is 34.0 Å². The minimum absolute atomic E-state index is 0.0977. The zero-order chi connectivity index (χ0) is 12.8. The molecule has 0 aromatic rings. The second kappa shape index (κ2) is 6.81. The van der Waals surface area contributed by atoms with Gasteiger partial charge in [-0.2, -0.15) is 0 Å². The maximum atomic E-state index is 11.8. The van der Waals surface area contributed by atoms with Gasteiger partial charge in [-0.15, -0.1) is 0 Å². The quantitative estimate of drug-likeness (QED) is 0.728. The van der Waals surface area contributed by atoms with Crippen LogP contribution in [0.2, 0.25) is 0 Å². The molecule has 0 saturated carbocycles. The van der Waals surface area contributed by atoms with Gasteiger partial charge in [-0.1, -0.05) is 0 Å². The summed E-state index contributed by atoms with van der Waals surface area (Å²) >= 11 is 0. The molecule has 0 spiro atoms. The Morgan fingerprint density at radius 3 is 2.35 bits per heavy atom. The monoisotopic (exact) mass is 243 g/mol. The third kappa shape index (κ3) is 5.37. The summed E-state index contributed by atoms with van der Waals surface area (Å²) in [5, 5.41) is 0. The van der Waals surface area contributed by atoms with Crippen molar-refractivity contribution in [2.75, 3.05) is 54.4 Å². The number of amides is 1. The highest BCUT2D eigenvalue weighted by Crippen LogP contribution is 2.13. The van der Waals surface area contributed by atoms with Gasteiger partial charge >= 0.3 is 6.09 Å². The van der Waals surface area contributed by atoms with Crippen molar-refractivity contribution in [3.63, 3.8) is 0 Å². The van der Waals surface area contributed by atoms with Crippen molar-refractivity contribution in [1.82, 2.24) is 14.7 Å². The molecule has 1 amide bonds. The number of ether oxygens (including phenoxy) is 1. The summed E-state index contributed by atoms with van der Waals surface area (Å²) in [6, 6.07) is 0. The largest absolute Gasteiger partial charge is 0.446 e. The second-order valence-electron chi connectivity index (χ2n) is 5.11. The highest BCUT2D eigenvalue weighted by molar-refractivity contribution is 5.67. The molecule has 0 aliphatic carbocycles. The number of piperidine rings is 1. The molecule has 1 saturated heterocycles. The summed E-state index contributed by atoms with van der Waals surface area (Å²) < 4.78 is 5.48. The number of likely N-dealkylation sites (N-methyl/N-ethyl adjacent to an activating group) is 2. The molecule has 1 aliphatic rings. The van der Waals surface area contributed by atoms with E-state index in [4.69, 9.17) is 4.74 Å². The molecule has 1 fully saturated rings. The predicted octanol–water partition coefficient (Wildman–Crippen LogP) is 0.711. The molecule has 5 heteroatoms. The SMILES string of the molecule is CN(C)CCN(C)C(=O)OC1CCN(C)CC1. The molecular weight excluding hydrogens is 218 g/mol. The standard InChI is InChI=1S/C12H25N3O2/c1-13(2)9-10-15(4)12(16)17-11-5-7-14(3)8-6-11/h11H,5-10H2,1-4H3. The lowest BCUT2D eigenvalue weighted by atomic mass is 10.1. The lowest BCUT2D eigenvalue weighted by Crippen LogP contribution is -2.39. The van der Waals surface area contributed by atoms with Crippen LogP contribution in [-0.4, -0.2) is 81.3 Å². The summed E-state index contributed by atoms with van der Waals surface area (Å²) in [5.41, 5.74) is 0. The smallest absolute Gasteiger partial charge is 0.409 e. The summed E-state index contributed by atoms with van der Waals surface area (Å²) in [4.78, 5) is 17.7. The molecule has 0 atom stereocenters. The van der Waals surface area contributed by atoms with Crippen LogP contribution in [-0.2, 0) is 4.74 Å². The van der Waals surface area contributed by atoms with E-state index >= 15 is 0 Å². The molecule has 0 unspecified atom stereocenters. The first-order valence-electron chi connectivity index (χ1n) is 6.24. The van der Waals surface area contributed by atoms with E-state index < -0.39 is 0 Å². The second-order valence-corrected chi connectivity index (χ2v) is 5.11. The number of carbonyl (C=O) groups excluding carboxylic acids is 1. The van der Waals surface area contributed by atoms with E-state index in [1.165, 1.54) is 0 Å². The number of hydrogen-bond donors (Lipinski definition) is 0. The Hall–Kier alpha value is -0.810. The first-order chi connectivity index (χ1) is 7.99. The van der Waals surface area contributed by atoms with Crippen molar-refractivity contribution < 1.29 is 9.53 Å². The van der Waals surface area contributed by atoms with Crippen LogP contribution in [0.25, 0.3) is 0 Å². The molecule has 0 N–H and O–H groups in total. The van der Waals surface area contributed by atoms with E-state index in [9.17, 15) is 4.79 Å². The fraction of sp³-hybridized carbons (Fsp3) is 0.917. The van der Waals surface area contributed by atoms with E-state index in [1.54, 1.807) is 11.9 Å².